The van der Waals surface area contributed by atoms with Crippen LogP contribution in [-0.2, 0) is 9.53 Å². The second kappa shape index (κ2) is 6.53. The number of carboxylic acid groups (broad SMARTS) is 1. The van der Waals surface area contributed by atoms with Crippen LogP contribution in [0.15, 0.2) is 22.7 Å². The molecule has 0 aliphatic carbocycles. The maximum atomic E-state index is 13.4. The summed E-state index contributed by atoms with van der Waals surface area (Å²) in [6.07, 6.45) is 0.689. The molecule has 1 saturated heterocycles. The van der Waals surface area contributed by atoms with Gasteiger partial charge in [-0.2, -0.15) is 0 Å². The first-order valence-electron chi connectivity index (χ1n) is 6.49. The molecule has 0 saturated carbocycles. The molecule has 1 amide bonds. The first kappa shape index (κ1) is 15.9. The Labute approximate surface area is 129 Å². The number of carboxylic acids is 1. The highest BCUT2D eigenvalue weighted by Crippen LogP contribution is 2.30. The van der Waals surface area contributed by atoms with Crippen molar-refractivity contribution >= 4 is 27.8 Å². The molecule has 1 aromatic carbocycles. The average Bonchev–Trinajstić information content (AvgIpc) is 2.48. The highest BCUT2D eigenvalue weighted by Gasteiger charge is 2.40. The molecule has 21 heavy (non-hydrogen) atoms. The summed E-state index contributed by atoms with van der Waals surface area (Å²) < 4.78 is 18.8. The zero-order chi connectivity index (χ0) is 15.5. The van der Waals surface area contributed by atoms with Crippen molar-refractivity contribution in [3.05, 3.63) is 34.1 Å². The Morgan fingerprint density at radius 3 is 2.62 bits per heavy atom. The van der Waals surface area contributed by atoms with Crippen LogP contribution in [0, 0.1) is 11.2 Å². The number of rotatable bonds is 4. The summed E-state index contributed by atoms with van der Waals surface area (Å²) in [4.78, 5) is 23.4. The Hall–Kier alpha value is -1.47. The molecule has 1 aliphatic rings. The van der Waals surface area contributed by atoms with Crippen molar-refractivity contribution in [3.8, 4) is 0 Å². The number of carbonyl (C=O) groups excluding carboxylic acids is 1. The number of hydrogen-bond donors (Lipinski definition) is 2. The van der Waals surface area contributed by atoms with Gasteiger partial charge in [0.15, 0.2) is 0 Å². The molecular formula is C14H15BrFNO4. The number of hydrogen-bond acceptors (Lipinski definition) is 3. The molecule has 0 bridgehead atoms. The number of carbonyl (C=O) groups is 2. The van der Waals surface area contributed by atoms with E-state index in [1.54, 1.807) is 0 Å². The molecule has 1 aliphatic heterocycles. The molecular weight excluding hydrogens is 345 g/mol. The van der Waals surface area contributed by atoms with Gasteiger partial charge in [0, 0.05) is 25.3 Å². The Kier molecular flexibility index (Phi) is 4.95. The van der Waals surface area contributed by atoms with Gasteiger partial charge < -0.3 is 15.2 Å². The van der Waals surface area contributed by atoms with E-state index in [0.717, 1.165) is 6.07 Å². The third kappa shape index (κ3) is 3.59. The number of benzene rings is 1. The van der Waals surface area contributed by atoms with E-state index in [4.69, 9.17) is 4.74 Å². The minimum absolute atomic E-state index is 0.00219. The Morgan fingerprint density at radius 2 is 2.05 bits per heavy atom. The van der Waals surface area contributed by atoms with E-state index in [-0.39, 0.29) is 16.6 Å². The average molecular weight is 360 g/mol. The smallest absolute Gasteiger partial charge is 0.311 e. The zero-order valence-corrected chi connectivity index (χ0v) is 12.8. The molecule has 0 aromatic heterocycles. The molecule has 114 valence electrons. The van der Waals surface area contributed by atoms with E-state index in [2.05, 4.69) is 21.2 Å². The van der Waals surface area contributed by atoms with Crippen molar-refractivity contribution in [1.29, 1.82) is 0 Å². The van der Waals surface area contributed by atoms with E-state index >= 15 is 0 Å². The summed E-state index contributed by atoms with van der Waals surface area (Å²) in [6, 6.07) is 4.02. The Bertz CT molecular complexity index is 558. The summed E-state index contributed by atoms with van der Waals surface area (Å²) >= 11 is 3.01. The minimum Gasteiger partial charge on any atom is -0.481 e. The van der Waals surface area contributed by atoms with Gasteiger partial charge >= 0.3 is 5.97 Å². The lowest BCUT2D eigenvalue weighted by molar-refractivity contribution is -0.154. The number of aliphatic carboxylic acids is 1. The summed E-state index contributed by atoms with van der Waals surface area (Å²) in [5.41, 5.74) is -0.856. The van der Waals surface area contributed by atoms with Gasteiger partial charge in [0.1, 0.15) is 5.82 Å². The number of halogens is 2. The summed E-state index contributed by atoms with van der Waals surface area (Å²) in [6.45, 7) is 0.715. The lowest BCUT2D eigenvalue weighted by Crippen LogP contribution is -2.46. The van der Waals surface area contributed by atoms with Gasteiger partial charge in [0.05, 0.1) is 9.89 Å². The first-order chi connectivity index (χ1) is 9.94. The maximum Gasteiger partial charge on any atom is 0.311 e. The van der Waals surface area contributed by atoms with Crippen LogP contribution in [0.5, 0.6) is 0 Å². The monoisotopic (exact) mass is 359 g/mol. The van der Waals surface area contributed by atoms with Gasteiger partial charge in [-0.15, -0.1) is 0 Å². The van der Waals surface area contributed by atoms with Crippen LogP contribution in [-0.4, -0.2) is 36.7 Å². The summed E-state index contributed by atoms with van der Waals surface area (Å²) in [7, 11) is 0. The van der Waals surface area contributed by atoms with Crippen LogP contribution in [0.25, 0.3) is 0 Å². The third-order valence-corrected chi connectivity index (χ3v) is 4.32. The SMILES string of the molecule is O=C(NCC1(C(=O)O)CCOCC1)c1ccc(Br)c(F)c1. The standard InChI is InChI=1S/C14H15BrFNO4/c15-10-2-1-9(7-11(10)16)12(18)17-8-14(13(19)20)3-5-21-6-4-14/h1-2,7H,3-6,8H2,(H,17,18)(H,19,20). The number of nitrogens with one attached hydrogen (secondary N) is 1. The van der Waals surface area contributed by atoms with Gasteiger partial charge in [-0.25, -0.2) is 4.39 Å². The predicted octanol–water partition coefficient (Wildman–Crippen LogP) is 2.20. The van der Waals surface area contributed by atoms with Crippen LogP contribution in [0.1, 0.15) is 23.2 Å². The van der Waals surface area contributed by atoms with Crippen LogP contribution in [0.4, 0.5) is 4.39 Å². The molecule has 5 nitrogen and oxygen atoms in total. The second-order valence-electron chi connectivity index (χ2n) is 5.01. The molecule has 0 spiro atoms. The molecule has 1 fully saturated rings. The lowest BCUT2D eigenvalue weighted by atomic mass is 9.80. The van der Waals surface area contributed by atoms with E-state index < -0.39 is 23.1 Å². The van der Waals surface area contributed by atoms with Crippen molar-refractivity contribution in [2.75, 3.05) is 19.8 Å². The van der Waals surface area contributed by atoms with E-state index in [0.29, 0.717) is 26.1 Å². The molecule has 0 radical (unpaired) electrons. The number of ether oxygens (including phenoxy) is 1. The molecule has 2 N–H and O–H groups in total. The fourth-order valence-corrected chi connectivity index (χ4v) is 2.46. The fourth-order valence-electron chi connectivity index (χ4n) is 2.22. The third-order valence-electron chi connectivity index (χ3n) is 3.67. The summed E-state index contributed by atoms with van der Waals surface area (Å²) in [5, 5.41) is 12.0. The Morgan fingerprint density at radius 1 is 1.38 bits per heavy atom. The van der Waals surface area contributed by atoms with Gasteiger partial charge in [-0.1, -0.05) is 0 Å². The van der Waals surface area contributed by atoms with Crippen molar-refractivity contribution < 1.29 is 23.8 Å². The normalized spacial score (nSPS) is 17.2. The van der Waals surface area contributed by atoms with Crippen LogP contribution in [0.2, 0.25) is 0 Å². The fraction of sp³-hybridized carbons (Fsp3) is 0.429. The van der Waals surface area contributed by atoms with Crippen LogP contribution in [0.3, 0.4) is 0 Å². The van der Waals surface area contributed by atoms with Gasteiger partial charge in [0.2, 0.25) is 0 Å². The van der Waals surface area contributed by atoms with E-state index in [9.17, 15) is 19.1 Å². The minimum atomic E-state index is -1.01. The predicted molar refractivity (Wildman–Crippen MR) is 76.6 cm³/mol. The maximum absolute atomic E-state index is 13.4. The second-order valence-corrected chi connectivity index (χ2v) is 5.86. The van der Waals surface area contributed by atoms with E-state index in [1.165, 1.54) is 12.1 Å². The molecule has 7 heteroatoms. The summed E-state index contributed by atoms with van der Waals surface area (Å²) in [5.74, 6) is -1.98. The first-order valence-corrected chi connectivity index (χ1v) is 7.28. The molecule has 0 unspecified atom stereocenters. The van der Waals surface area contributed by atoms with Gasteiger partial charge in [-0.05, 0) is 47.0 Å². The van der Waals surface area contributed by atoms with E-state index in [1.807, 2.05) is 0 Å². The van der Waals surface area contributed by atoms with Crippen LogP contribution < -0.4 is 5.32 Å². The Balaban J connectivity index is 2.05. The van der Waals surface area contributed by atoms with Crippen LogP contribution >= 0.6 is 15.9 Å². The molecule has 2 rings (SSSR count). The van der Waals surface area contributed by atoms with Crippen molar-refractivity contribution in [1.82, 2.24) is 5.32 Å². The van der Waals surface area contributed by atoms with Crippen molar-refractivity contribution in [3.63, 3.8) is 0 Å². The molecule has 1 heterocycles. The zero-order valence-electron chi connectivity index (χ0n) is 11.2. The van der Waals surface area contributed by atoms with Crippen molar-refractivity contribution in [2.24, 2.45) is 5.41 Å². The molecule has 1 aromatic rings. The quantitative estimate of drug-likeness (QED) is 0.863. The lowest BCUT2D eigenvalue weighted by Gasteiger charge is -2.33. The van der Waals surface area contributed by atoms with Crippen molar-refractivity contribution in [2.45, 2.75) is 12.8 Å². The number of amides is 1. The topological polar surface area (TPSA) is 75.6 Å². The molecule has 0 atom stereocenters. The largest absolute Gasteiger partial charge is 0.481 e. The highest BCUT2D eigenvalue weighted by molar-refractivity contribution is 9.10. The highest BCUT2D eigenvalue weighted by atomic mass is 79.9. The van der Waals surface area contributed by atoms with Gasteiger partial charge in [-0.3, -0.25) is 9.59 Å². The van der Waals surface area contributed by atoms with Gasteiger partial charge in [0.25, 0.3) is 5.91 Å².